The molecule has 0 atom stereocenters. The SMILES string of the molecule is CNc1cc(Nc2ccccc2-c2csc(-c3ccccc3F)n2)ncn1. The van der Waals surface area contributed by atoms with E-state index in [9.17, 15) is 4.39 Å². The lowest BCUT2D eigenvalue weighted by Gasteiger charge is -2.10. The van der Waals surface area contributed by atoms with E-state index in [-0.39, 0.29) is 5.82 Å². The molecule has 4 aromatic rings. The van der Waals surface area contributed by atoms with Gasteiger partial charge in [0.05, 0.1) is 5.69 Å². The molecule has 0 spiro atoms. The van der Waals surface area contributed by atoms with Gasteiger partial charge in [0.25, 0.3) is 0 Å². The van der Waals surface area contributed by atoms with Gasteiger partial charge in [-0.2, -0.15) is 0 Å². The van der Waals surface area contributed by atoms with Crippen LogP contribution in [0.5, 0.6) is 0 Å². The molecule has 2 aromatic carbocycles. The molecule has 134 valence electrons. The van der Waals surface area contributed by atoms with Crippen LogP contribution in [0, 0.1) is 5.82 Å². The maximum Gasteiger partial charge on any atom is 0.135 e. The lowest BCUT2D eigenvalue weighted by atomic mass is 10.1. The zero-order valence-corrected chi connectivity index (χ0v) is 15.3. The van der Waals surface area contributed by atoms with Gasteiger partial charge in [-0.25, -0.2) is 19.3 Å². The van der Waals surface area contributed by atoms with Gasteiger partial charge in [-0.1, -0.05) is 30.3 Å². The molecule has 2 aromatic heterocycles. The third-order valence-corrected chi connectivity index (χ3v) is 4.87. The molecule has 0 saturated carbocycles. The van der Waals surface area contributed by atoms with Gasteiger partial charge in [-0.3, -0.25) is 0 Å². The van der Waals surface area contributed by atoms with Crippen molar-refractivity contribution in [3.8, 4) is 21.8 Å². The van der Waals surface area contributed by atoms with Crippen LogP contribution in [-0.2, 0) is 0 Å². The Balaban J connectivity index is 1.68. The van der Waals surface area contributed by atoms with Gasteiger partial charge in [0.15, 0.2) is 0 Å². The van der Waals surface area contributed by atoms with Gasteiger partial charge < -0.3 is 10.6 Å². The molecule has 2 heterocycles. The Labute approximate surface area is 160 Å². The van der Waals surface area contributed by atoms with Gasteiger partial charge in [0.2, 0.25) is 0 Å². The van der Waals surface area contributed by atoms with E-state index in [0.29, 0.717) is 16.4 Å². The van der Waals surface area contributed by atoms with Crippen molar-refractivity contribution in [2.45, 2.75) is 0 Å². The smallest absolute Gasteiger partial charge is 0.135 e. The van der Waals surface area contributed by atoms with E-state index in [4.69, 9.17) is 0 Å². The van der Waals surface area contributed by atoms with Crippen molar-refractivity contribution < 1.29 is 4.39 Å². The third kappa shape index (κ3) is 3.63. The van der Waals surface area contributed by atoms with Crippen molar-refractivity contribution in [2.75, 3.05) is 17.7 Å². The number of nitrogens with one attached hydrogen (secondary N) is 2. The maximum absolute atomic E-state index is 14.1. The van der Waals surface area contributed by atoms with E-state index in [1.165, 1.54) is 23.7 Å². The lowest BCUT2D eigenvalue weighted by molar-refractivity contribution is 0.631. The number of nitrogens with zero attached hydrogens (tertiary/aromatic N) is 3. The van der Waals surface area contributed by atoms with E-state index in [0.717, 1.165) is 22.8 Å². The molecule has 0 saturated heterocycles. The molecule has 0 radical (unpaired) electrons. The summed E-state index contributed by atoms with van der Waals surface area (Å²) in [6.45, 7) is 0. The Bertz CT molecular complexity index is 1080. The normalized spacial score (nSPS) is 10.6. The molecule has 7 heteroatoms. The highest BCUT2D eigenvalue weighted by molar-refractivity contribution is 7.13. The third-order valence-electron chi connectivity index (χ3n) is 4.00. The Kier molecular flexibility index (Phi) is 4.76. The number of thiazole rings is 1. The number of rotatable bonds is 5. The van der Waals surface area contributed by atoms with Gasteiger partial charge >= 0.3 is 0 Å². The van der Waals surface area contributed by atoms with Crippen LogP contribution >= 0.6 is 11.3 Å². The van der Waals surface area contributed by atoms with Crippen LogP contribution in [0.3, 0.4) is 0 Å². The summed E-state index contributed by atoms with van der Waals surface area (Å²) < 4.78 is 14.1. The van der Waals surface area contributed by atoms with Gasteiger partial charge in [0.1, 0.15) is 28.8 Å². The molecule has 2 N–H and O–H groups in total. The Hall–Kier alpha value is -3.32. The average molecular weight is 377 g/mol. The number of hydrogen-bond acceptors (Lipinski definition) is 6. The van der Waals surface area contributed by atoms with Crippen molar-refractivity contribution in [3.05, 3.63) is 72.1 Å². The molecule has 27 heavy (non-hydrogen) atoms. The average Bonchev–Trinajstić information content (AvgIpc) is 3.18. The molecule has 4 rings (SSSR count). The number of hydrogen-bond donors (Lipinski definition) is 2. The molecule has 0 aliphatic carbocycles. The summed E-state index contributed by atoms with van der Waals surface area (Å²) in [6.07, 6.45) is 1.50. The molecule has 0 aliphatic rings. The summed E-state index contributed by atoms with van der Waals surface area (Å²) in [5, 5.41) is 8.88. The minimum Gasteiger partial charge on any atom is -0.373 e. The first-order chi connectivity index (χ1) is 13.2. The monoisotopic (exact) mass is 377 g/mol. The molecular weight excluding hydrogens is 361 g/mol. The summed E-state index contributed by atoms with van der Waals surface area (Å²) in [6, 6.07) is 16.3. The minimum absolute atomic E-state index is 0.273. The predicted molar refractivity (Wildman–Crippen MR) is 108 cm³/mol. The molecule has 5 nitrogen and oxygen atoms in total. The molecule has 0 bridgehead atoms. The van der Waals surface area contributed by atoms with Crippen LogP contribution in [-0.4, -0.2) is 22.0 Å². The second-order valence-electron chi connectivity index (χ2n) is 5.73. The van der Waals surface area contributed by atoms with E-state index in [1.807, 2.05) is 41.8 Å². The Morgan fingerprint density at radius 2 is 1.67 bits per heavy atom. The molecule has 0 amide bonds. The van der Waals surface area contributed by atoms with Crippen LogP contribution < -0.4 is 10.6 Å². The Morgan fingerprint density at radius 3 is 2.48 bits per heavy atom. The first-order valence-electron chi connectivity index (χ1n) is 8.31. The first-order valence-corrected chi connectivity index (χ1v) is 9.19. The van der Waals surface area contributed by atoms with Gasteiger partial charge in [-0.15, -0.1) is 11.3 Å². The molecular formula is C20H16FN5S. The lowest BCUT2D eigenvalue weighted by Crippen LogP contribution is -1.99. The molecule has 0 aliphatic heterocycles. The van der Waals surface area contributed by atoms with Gasteiger partial charge in [0, 0.05) is 35.3 Å². The van der Waals surface area contributed by atoms with E-state index in [2.05, 4.69) is 25.6 Å². The van der Waals surface area contributed by atoms with E-state index < -0.39 is 0 Å². The van der Waals surface area contributed by atoms with E-state index >= 15 is 0 Å². The van der Waals surface area contributed by atoms with Gasteiger partial charge in [-0.05, 0) is 18.2 Å². The van der Waals surface area contributed by atoms with E-state index in [1.54, 1.807) is 19.2 Å². The summed E-state index contributed by atoms with van der Waals surface area (Å²) in [7, 11) is 1.81. The predicted octanol–water partition coefficient (Wildman–Crippen LogP) is 5.19. The summed E-state index contributed by atoms with van der Waals surface area (Å²) in [4.78, 5) is 13.0. The zero-order chi connectivity index (χ0) is 18.6. The van der Waals surface area contributed by atoms with Crippen molar-refractivity contribution in [3.63, 3.8) is 0 Å². The van der Waals surface area contributed by atoms with Crippen LogP contribution in [0.1, 0.15) is 0 Å². The quantitative estimate of drug-likeness (QED) is 0.501. The maximum atomic E-state index is 14.1. The minimum atomic E-state index is -0.273. The Morgan fingerprint density at radius 1 is 0.926 bits per heavy atom. The van der Waals surface area contributed by atoms with Crippen LogP contribution in [0.2, 0.25) is 0 Å². The van der Waals surface area contributed by atoms with Crippen LogP contribution in [0.4, 0.5) is 21.7 Å². The highest BCUT2D eigenvalue weighted by atomic mass is 32.1. The number of benzene rings is 2. The summed E-state index contributed by atoms with van der Waals surface area (Å²) in [5.41, 5.74) is 3.07. The number of aromatic nitrogens is 3. The zero-order valence-electron chi connectivity index (χ0n) is 14.5. The number of anilines is 3. The number of para-hydroxylation sites is 1. The highest BCUT2D eigenvalue weighted by Gasteiger charge is 2.13. The fourth-order valence-corrected chi connectivity index (χ4v) is 3.52. The largest absolute Gasteiger partial charge is 0.373 e. The van der Waals surface area contributed by atoms with Crippen LogP contribution in [0.25, 0.3) is 21.8 Å². The topological polar surface area (TPSA) is 62.7 Å². The summed E-state index contributed by atoms with van der Waals surface area (Å²) >= 11 is 1.42. The second kappa shape index (κ2) is 7.51. The fourth-order valence-electron chi connectivity index (χ4n) is 2.67. The first kappa shape index (κ1) is 17.1. The van der Waals surface area contributed by atoms with Crippen molar-refractivity contribution >= 4 is 28.7 Å². The van der Waals surface area contributed by atoms with Crippen molar-refractivity contribution in [2.24, 2.45) is 0 Å². The second-order valence-corrected chi connectivity index (χ2v) is 6.58. The van der Waals surface area contributed by atoms with Crippen LogP contribution in [0.15, 0.2) is 66.3 Å². The molecule has 0 unspecified atom stereocenters. The van der Waals surface area contributed by atoms with Crippen molar-refractivity contribution in [1.29, 1.82) is 0 Å². The standard InChI is InChI=1S/C20H16FN5S/c1-22-18-10-19(24-12-23-18)25-16-9-5-3-7-14(16)17-11-27-20(26-17)13-6-2-4-8-15(13)21/h2-12H,1H3,(H2,22,23,24,25). The summed E-state index contributed by atoms with van der Waals surface area (Å²) in [5.74, 6) is 1.12. The molecule has 0 fully saturated rings. The number of halogens is 1. The van der Waals surface area contributed by atoms with Crippen molar-refractivity contribution in [1.82, 2.24) is 15.0 Å². The highest BCUT2D eigenvalue weighted by Crippen LogP contribution is 2.34. The fraction of sp³-hybridized carbons (Fsp3) is 0.0500.